The summed E-state index contributed by atoms with van der Waals surface area (Å²) >= 11 is 0. The average molecular weight is 184 g/mol. The number of hydrogen-bond acceptors (Lipinski definition) is 3. The van der Waals surface area contributed by atoms with Crippen LogP contribution in [0.5, 0.6) is 0 Å². The van der Waals surface area contributed by atoms with E-state index in [9.17, 15) is 4.79 Å². The molecule has 1 saturated heterocycles. The summed E-state index contributed by atoms with van der Waals surface area (Å²) in [6, 6.07) is 0. The molecule has 13 heavy (non-hydrogen) atoms. The SMILES string of the molecule is C=C1OC(=O)[C@@H](CCCO)C1(C)C. The van der Waals surface area contributed by atoms with E-state index in [1.165, 1.54) is 0 Å². The summed E-state index contributed by atoms with van der Waals surface area (Å²) in [4.78, 5) is 11.3. The van der Waals surface area contributed by atoms with Crippen molar-refractivity contribution in [3.05, 3.63) is 12.3 Å². The fraction of sp³-hybridized carbons (Fsp3) is 0.700. The van der Waals surface area contributed by atoms with Gasteiger partial charge < -0.3 is 9.84 Å². The Kier molecular flexibility index (Phi) is 2.76. The van der Waals surface area contributed by atoms with Crippen LogP contribution in [0, 0.1) is 11.3 Å². The molecule has 1 aliphatic rings. The molecule has 0 saturated carbocycles. The third kappa shape index (κ3) is 1.75. The van der Waals surface area contributed by atoms with Crippen LogP contribution in [0.4, 0.5) is 0 Å². The maximum atomic E-state index is 11.3. The van der Waals surface area contributed by atoms with Crippen LogP contribution in [0.1, 0.15) is 26.7 Å². The van der Waals surface area contributed by atoms with Gasteiger partial charge in [-0.15, -0.1) is 0 Å². The Morgan fingerprint density at radius 3 is 2.62 bits per heavy atom. The summed E-state index contributed by atoms with van der Waals surface area (Å²) in [6.45, 7) is 7.72. The number of rotatable bonds is 3. The van der Waals surface area contributed by atoms with Crippen LogP contribution in [-0.4, -0.2) is 17.7 Å². The molecule has 0 aromatic carbocycles. The van der Waals surface area contributed by atoms with Crippen LogP contribution in [0.2, 0.25) is 0 Å². The summed E-state index contributed by atoms with van der Waals surface area (Å²) < 4.78 is 4.97. The highest BCUT2D eigenvalue weighted by Gasteiger charge is 2.46. The maximum absolute atomic E-state index is 11.3. The predicted octanol–water partition coefficient (Wildman–Crippen LogP) is 1.47. The number of cyclic esters (lactones) is 1. The zero-order valence-electron chi connectivity index (χ0n) is 8.17. The molecule has 1 aliphatic heterocycles. The monoisotopic (exact) mass is 184 g/mol. The predicted molar refractivity (Wildman–Crippen MR) is 48.8 cm³/mol. The number of aliphatic hydroxyl groups is 1. The van der Waals surface area contributed by atoms with Crippen molar-refractivity contribution in [3.8, 4) is 0 Å². The standard InChI is InChI=1S/C10H16O3/c1-7-10(2,3)8(5-4-6-11)9(12)13-7/h8,11H,1,4-6H2,2-3H3/t8-/m1/s1. The van der Waals surface area contributed by atoms with Crippen molar-refractivity contribution in [1.29, 1.82) is 0 Å². The van der Waals surface area contributed by atoms with Crippen LogP contribution in [-0.2, 0) is 9.53 Å². The lowest BCUT2D eigenvalue weighted by atomic mass is 9.77. The molecule has 0 unspecified atom stereocenters. The highest BCUT2D eigenvalue weighted by atomic mass is 16.5. The fourth-order valence-corrected chi connectivity index (χ4v) is 1.59. The Balaban J connectivity index is 2.71. The summed E-state index contributed by atoms with van der Waals surface area (Å²) in [5, 5.41) is 8.67. The van der Waals surface area contributed by atoms with Gasteiger partial charge in [-0.2, -0.15) is 0 Å². The molecule has 74 valence electrons. The van der Waals surface area contributed by atoms with Gasteiger partial charge in [0.2, 0.25) is 0 Å². The molecule has 0 spiro atoms. The largest absolute Gasteiger partial charge is 0.431 e. The van der Waals surface area contributed by atoms with Crippen molar-refractivity contribution >= 4 is 5.97 Å². The summed E-state index contributed by atoms with van der Waals surface area (Å²) in [5.41, 5.74) is -0.285. The molecular weight excluding hydrogens is 168 g/mol. The topological polar surface area (TPSA) is 46.5 Å². The fourth-order valence-electron chi connectivity index (χ4n) is 1.59. The normalized spacial score (nSPS) is 26.2. The van der Waals surface area contributed by atoms with Crippen molar-refractivity contribution in [2.45, 2.75) is 26.7 Å². The molecule has 3 nitrogen and oxygen atoms in total. The first-order valence-corrected chi connectivity index (χ1v) is 4.52. The van der Waals surface area contributed by atoms with Crippen molar-refractivity contribution in [2.75, 3.05) is 6.61 Å². The van der Waals surface area contributed by atoms with Crippen molar-refractivity contribution in [3.63, 3.8) is 0 Å². The Hall–Kier alpha value is -0.830. The van der Waals surface area contributed by atoms with E-state index in [0.717, 1.165) is 0 Å². The second-order valence-corrected chi connectivity index (χ2v) is 3.98. The van der Waals surface area contributed by atoms with Gasteiger partial charge in [-0.1, -0.05) is 20.4 Å². The maximum Gasteiger partial charge on any atom is 0.315 e. The molecule has 0 radical (unpaired) electrons. The van der Waals surface area contributed by atoms with Gasteiger partial charge in [-0.3, -0.25) is 4.79 Å². The molecule has 3 heteroatoms. The van der Waals surface area contributed by atoms with Crippen LogP contribution in [0.25, 0.3) is 0 Å². The molecule has 0 aliphatic carbocycles. The van der Waals surface area contributed by atoms with Gasteiger partial charge in [0, 0.05) is 12.0 Å². The number of aliphatic hydroxyl groups excluding tert-OH is 1. The van der Waals surface area contributed by atoms with Crippen LogP contribution >= 0.6 is 0 Å². The van der Waals surface area contributed by atoms with Gasteiger partial charge in [0.15, 0.2) is 0 Å². The summed E-state index contributed by atoms with van der Waals surface area (Å²) in [7, 11) is 0. The van der Waals surface area contributed by atoms with Gasteiger partial charge in [-0.05, 0) is 12.8 Å². The van der Waals surface area contributed by atoms with E-state index in [0.29, 0.717) is 18.6 Å². The van der Waals surface area contributed by atoms with Gasteiger partial charge >= 0.3 is 5.97 Å². The average Bonchev–Trinajstić information content (AvgIpc) is 2.21. The zero-order chi connectivity index (χ0) is 10.1. The van der Waals surface area contributed by atoms with E-state index in [-0.39, 0.29) is 23.9 Å². The molecule has 0 bridgehead atoms. The smallest absolute Gasteiger partial charge is 0.315 e. The molecule has 1 heterocycles. The third-order valence-electron chi connectivity index (χ3n) is 2.75. The second-order valence-electron chi connectivity index (χ2n) is 3.98. The van der Waals surface area contributed by atoms with Crippen LogP contribution < -0.4 is 0 Å². The first-order valence-electron chi connectivity index (χ1n) is 4.52. The van der Waals surface area contributed by atoms with Crippen molar-refractivity contribution in [2.24, 2.45) is 11.3 Å². The minimum Gasteiger partial charge on any atom is -0.431 e. The van der Waals surface area contributed by atoms with E-state index >= 15 is 0 Å². The molecule has 1 fully saturated rings. The molecule has 0 aromatic heterocycles. The molecule has 1 rings (SSSR count). The molecule has 0 amide bonds. The first kappa shape index (κ1) is 10.3. The second kappa shape index (κ2) is 3.50. The Labute approximate surface area is 78.4 Å². The van der Waals surface area contributed by atoms with Crippen LogP contribution in [0.3, 0.4) is 0 Å². The number of esters is 1. The lowest BCUT2D eigenvalue weighted by Crippen LogP contribution is -2.23. The van der Waals surface area contributed by atoms with E-state index in [2.05, 4.69) is 6.58 Å². The number of allylic oxidation sites excluding steroid dienone is 1. The van der Waals surface area contributed by atoms with Crippen LogP contribution in [0.15, 0.2) is 12.3 Å². The van der Waals surface area contributed by atoms with E-state index in [1.807, 2.05) is 13.8 Å². The molecular formula is C10H16O3. The minimum absolute atomic E-state index is 0.117. The van der Waals surface area contributed by atoms with E-state index < -0.39 is 0 Å². The lowest BCUT2D eigenvalue weighted by molar-refractivity contribution is -0.139. The van der Waals surface area contributed by atoms with Gasteiger partial charge in [0.1, 0.15) is 5.76 Å². The third-order valence-corrected chi connectivity index (χ3v) is 2.75. The number of carbonyl (C=O) groups is 1. The number of hydrogen-bond donors (Lipinski definition) is 1. The van der Waals surface area contributed by atoms with Gasteiger partial charge in [0.25, 0.3) is 0 Å². The van der Waals surface area contributed by atoms with Gasteiger partial charge in [-0.25, -0.2) is 0 Å². The molecule has 0 aromatic rings. The summed E-state index contributed by atoms with van der Waals surface area (Å²) in [6.07, 6.45) is 1.30. The molecule has 1 N–H and O–H groups in total. The summed E-state index contributed by atoms with van der Waals surface area (Å²) in [5.74, 6) is 0.191. The number of ether oxygens (including phenoxy) is 1. The Morgan fingerprint density at radius 1 is 1.62 bits per heavy atom. The Morgan fingerprint density at radius 2 is 2.23 bits per heavy atom. The van der Waals surface area contributed by atoms with E-state index in [1.54, 1.807) is 0 Å². The lowest BCUT2D eigenvalue weighted by Gasteiger charge is -2.21. The highest BCUT2D eigenvalue weighted by Crippen LogP contribution is 2.44. The minimum atomic E-state index is -0.285. The number of carbonyl (C=O) groups excluding carboxylic acids is 1. The molecule has 1 atom stereocenters. The Bertz CT molecular complexity index is 230. The van der Waals surface area contributed by atoms with Gasteiger partial charge in [0.05, 0.1) is 5.92 Å². The van der Waals surface area contributed by atoms with E-state index in [4.69, 9.17) is 9.84 Å². The quantitative estimate of drug-likeness (QED) is 0.676. The van der Waals surface area contributed by atoms with Crippen molar-refractivity contribution in [1.82, 2.24) is 0 Å². The zero-order valence-corrected chi connectivity index (χ0v) is 8.17. The first-order chi connectivity index (χ1) is 6.00. The van der Waals surface area contributed by atoms with Crippen molar-refractivity contribution < 1.29 is 14.6 Å². The highest BCUT2D eigenvalue weighted by molar-refractivity contribution is 5.78.